The van der Waals surface area contributed by atoms with E-state index in [4.69, 9.17) is 5.11 Å². The number of hydrogen-bond acceptors (Lipinski definition) is 2. The van der Waals surface area contributed by atoms with Crippen LogP contribution in [0, 0.1) is 5.92 Å². The van der Waals surface area contributed by atoms with E-state index in [0.717, 1.165) is 18.4 Å². The molecule has 1 amide bonds. The first-order chi connectivity index (χ1) is 10.1. The van der Waals surface area contributed by atoms with Crippen molar-refractivity contribution in [1.82, 2.24) is 4.90 Å². The Hall–Kier alpha value is -1.84. The summed E-state index contributed by atoms with van der Waals surface area (Å²) in [5.74, 6) is -1.17. The molecule has 4 nitrogen and oxygen atoms in total. The molecule has 112 valence electrons. The van der Waals surface area contributed by atoms with Gasteiger partial charge in [0.25, 0.3) is 0 Å². The van der Waals surface area contributed by atoms with Crippen molar-refractivity contribution in [2.24, 2.45) is 5.92 Å². The summed E-state index contributed by atoms with van der Waals surface area (Å²) in [5.41, 5.74) is 3.83. The Balaban J connectivity index is 1.68. The molecule has 2 unspecified atom stereocenters. The van der Waals surface area contributed by atoms with Crippen molar-refractivity contribution in [1.29, 1.82) is 0 Å². The first kappa shape index (κ1) is 14.1. The molecule has 2 atom stereocenters. The standard InChI is InChI=1S/C17H21NO3/c1-11-15(17(20)21)7-8-18(11)16(19)10-12-5-6-13-3-2-4-14(13)9-12/h5-6,9,11,15H,2-4,7-8,10H2,1H3,(H,20,21). The van der Waals surface area contributed by atoms with Crippen molar-refractivity contribution in [3.8, 4) is 0 Å². The number of carbonyl (C=O) groups excluding carboxylic acids is 1. The van der Waals surface area contributed by atoms with E-state index in [2.05, 4.69) is 12.1 Å². The van der Waals surface area contributed by atoms with Gasteiger partial charge in [-0.1, -0.05) is 18.2 Å². The molecule has 1 N–H and O–H groups in total. The predicted molar refractivity (Wildman–Crippen MR) is 79.1 cm³/mol. The van der Waals surface area contributed by atoms with Crippen LogP contribution in [0.3, 0.4) is 0 Å². The maximum Gasteiger partial charge on any atom is 0.308 e. The van der Waals surface area contributed by atoms with Crippen LogP contribution in [0.2, 0.25) is 0 Å². The lowest BCUT2D eigenvalue weighted by Gasteiger charge is -2.23. The van der Waals surface area contributed by atoms with Crippen molar-refractivity contribution in [3.63, 3.8) is 0 Å². The van der Waals surface area contributed by atoms with Gasteiger partial charge in [-0.05, 0) is 49.3 Å². The van der Waals surface area contributed by atoms with Crippen molar-refractivity contribution < 1.29 is 14.7 Å². The minimum atomic E-state index is -0.796. The van der Waals surface area contributed by atoms with Crippen LogP contribution in [-0.2, 0) is 28.9 Å². The SMILES string of the molecule is CC1C(C(=O)O)CCN1C(=O)Cc1ccc2c(c1)CCC2. The van der Waals surface area contributed by atoms with E-state index in [-0.39, 0.29) is 11.9 Å². The van der Waals surface area contributed by atoms with Gasteiger partial charge in [0, 0.05) is 12.6 Å². The second kappa shape index (κ2) is 5.51. The number of benzene rings is 1. The molecule has 0 radical (unpaired) electrons. The lowest BCUT2D eigenvalue weighted by Crippen LogP contribution is -2.38. The van der Waals surface area contributed by atoms with Gasteiger partial charge in [0.15, 0.2) is 0 Å². The van der Waals surface area contributed by atoms with Gasteiger partial charge in [-0.2, -0.15) is 0 Å². The molecule has 1 saturated heterocycles. The quantitative estimate of drug-likeness (QED) is 0.925. The zero-order valence-electron chi connectivity index (χ0n) is 12.3. The smallest absolute Gasteiger partial charge is 0.308 e. The zero-order chi connectivity index (χ0) is 15.0. The first-order valence-corrected chi connectivity index (χ1v) is 7.69. The lowest BCUT2D eigenvalue weighted by atomic mass is 10.0. The van der Waals surface area contributed by atoms with Gasteiger partial charge in [0.2, 0.25) is 5.91 Å². The van der Waals surface area contributed by atoms with Crippen LogP contribution >= 0.6 is 0 Å². The van der Waals surface area contributed by atoms with Gasteiger partial charge in [-0.3, -0.25) is 9.59 Å². The molecule has 0 spiro atoms. The van der Waals surface area contributed by atoms with E-state index < -0.39 is 11.9 Å². The Bertz CT molecular complexity index is 581. The molecule has 1 aliphatic carbocycles. The second-order valence-electron chi connectivity index (χ2n) is 6.19. The Morgan fingerprint density at radius 3 is 2.76 bits per heavy atom. The predicted octanol–water partition coefficient (Wildman–Crippen LogP) is 2.04. The number of rotatable bonds is 3. The molecule has 3 rings (SSSR count). The Morgan fingerprint density at radius 2 is 2.05 bits per heavy atom. The fourth-order valence-corrected chi connectivity index (χ4v) is 3.63. The molecule has 0 saturated carbocycles. The van der Waals surface area contributed by atoms with E-state index in [9.17, 15) is 9.59 Å². The van der Waals surface area contributed by atoms with Crippen LogP contribution < -0.4 is 0 Å². The number of amides is 1. The largest absolute Gasteiger partial charge is 0.481 e. The van der Waals surface area contributed by atoms with Gasteiger partial charge < -0.3 is 10.0 Å². The highest BCUT2D eigenvalue weighted by molar-refractivity contribution is 5.81. The minimum Gasteiger partial charge on any atom is -0.481 e. The van der Waals surface area contributed by atoms with Crippen LogP contribution in [0.4, 0.5) is 0 Å². The fourth-order valence-electron chi connectivity index (χ4n) is 3.63. The summed E-state index contributed by atoms with van der Waals surface area (Å²) in [4.78, 5) is 25.3. The van der Waals surface area contributed by atoms with Gasteiger partial charge >= 0.3 is 5.97 Å². The molecule has 1 fully saturated rings. The molecule has 0 bridgehead atoms. The summed E-state index contributed by atoms with van der Waals surface area (Å²) in [6.07, 6.45) is 4.40. The van der Waals surface area contributed by atoms with Crippen molar-refractivity contribution in [3.05, 3.63) is 34.9 Å². The normalized spacial score (nSPS) is 24.1. The van der Waals surface area contributed by atoms with Crippen LogP contribution in [0.1, 0.15) is 36.5 Å². The Kier molecular flexibility index (Phi) is 3.70. The fraction of sp³-hybridized carbons (Fsp3) is 0.529. The minimum absolute atomic E-state index is 0.0456. The Labute approximate surface area is 124 Å². The number of carboxylic acid groups (broad SMARTS) is 1. The number of hydrogen-bond donors (Lipinski definition) is 1. The zero-order valence-corrected chi connectivity index (χ0v) is 12.3. The molecule has 1 aliphatic heterocycles. The highest BCUT2D eigenvalue weighted by atomic mass is 16.4. The van der Waals surface area contributed by atoms with Gasteiger partial charge in [0.05, 0.1) is 12.3 Å². The molecule has 1 aromatic carbocycles. The van der Waals surface area contributed by atoms with E-state index in [0.29, 0.717) is 19.4 Å². The summed E-state index contributed by atoms with van der Waals surface area (Å²) in [5, 5.41) is 9.14. The average molecular weight is 287 g/mol. The Morgan fingerprint density at radius 1 is 1.29 bits per heavy atom. The van der Waals surface area contributed by atoms with Crippen LogP contribution in [0.25, 0.3) is 0 Å². The van der Waals surface area contributed by atoms with E-state index >= 15 is 0 Å². The molecule has 2 aliphatic rings. The third-order valence-electron chi connectivity index (χ3n) is 4.91. The third kappa shape index (κ3) is 2.67. The number of aliphatic carboxylic acids is 1. The van der Waals surface area contributed by atoms with Crippen LogP contribution in [0.15, 0.2) is 18.2 Å². The van der Waals surface area contributed by atoms with Crippen molar-refractivity contribution in [2.45, 2.75) is 45.1 Å². The third-order valence-corrected chi connectivity index (χ3v) is 4.91. The maximum atomic E-state index is 12.4. The highest BCUT2D eigenvalue weighted by Gasteiger charge is 2.37. The number of fused-ring (bicyclic) bond motifs is 1. The number of nitrogens with zero attached hydrogens (tertiary/aromatic N) is 1. The van der Waals surface area contributed by atoms with Crippen LogP contribution in [0.5, 0.6) is 0 Å². The van der Waals surface area contributed by atoms with Gasteiger partial charge in [-0.15, -0.1) is 0 Å². The summed E-state index contributed by atoms with van der Waals surface area (Å²) in [7, 11) is 0. The molecule has 0 aromatic heterocycles. The number of likely N-dealkylation sites (tertiary alicyclic amines) is 1. The molecule has 4 heteroatoms. The van der Waals surface area contributed by atoms with Crippen LogP contribution in [-0.4, -0.2) is 34.5 Å². The number of aryl methyl sites for hydroxylation is 2. The number of carbonyl (C=O) groups is 2. The van der Waals surface area contributed by atoms with Gasteiger partial charge in [-0.25, -0.2) is 0 Å². The van der Waals surface area contributed by atoms with E-state index in [1.807, 2.05) is 13.0 Å². The molecule has 1 heterocycles. The average Bonchev–Trinajstić information content (AvgIpc) is 3.04. The lowest BCUT2D eigenvalue weighted by molar-refractivity contribution is -0.143. The first-order valence-electron chi connectivity index (χ1n) is 7.69. The second-order valence-corrected chi connectivity index (χ2v) is 6.19. The number of carboxylic acids is 1. The van der Waals surface area contributed by atoms with Crippen molar-refractivity contribution in [2.75, 3.05) is 6.54 Å². The summed E-state index contributed by atoms with van der Waals surface area (Å²) in [6.45, 7) is 2.40. The molecular weight excluding hydrogens is 266 g/mol. The summed E-state index contributed by atoms with van der Waals surface area (Å²) in [6, 6.07) is 6.12. The summed E-state index contributed by atoms with van der Waals surface area (Å²) < 4.78 is 0. The van der Waals surface area contributed by atoms with E-state index in [1.165, 1.54) is 17.5 Å². The van der Waals surface area contributed by atoms with Gasteiger partial charge in [0.1, 0.15) is 0 Å². The molecular formula is C17H21NO3. The summed E-state index contributed by atoms with van der Waals surface area (Å²) >= 11 is 0. The molecule has 21 heavy (non-hydrogen) atoms. The molecule has 1 aromatic rings. The van der Waals surface area contributed by atoms with E-state index in [1.54, 1.807) is 4.90 Å². The van der Waals surface area contributed by atoms with Crippen molar-refractivity contribution >= 4 is 11.9 Å². The topological polar surface area (TPSA) is 57.6 Å². The monoisotopic (exact) mass is 287 g/mol. The highest BCUT2D eigenvalue weighted by Crippen LogP contribution is 2.26. The maximum absolute atomic E-state index is 12.4.